The molecule has 64 valence electrons. The Bertz CT molecular complexity index is 271. The molecule has 0 bridgehead atoms. The molecular weight excluding hydrogens is 160 g/mol. The molecule has 0 saturated carbocycles. The van der Waals surface area contributed by atoms with Crippen LogP contribution in [0.3, 0.4) is 0 Å². The maximum atomic E-state index is 10.9. The lowest BCUT2D eigenvalue weighted by Gasteiger charge is -2.10. The standard InChI is InChI=1S/C6H8N4O2/c11-6-9(3-4-12-6)5-10-2-1-7-8-10/h1-2H,3-5H2. The highest BCUT2D eigenvalue weighted by atomic mass is 16.6. The number of hydrogen-bond acceptors (Lipinski definition) is 4. The Morgan fingerprint density at radius 3 is 3.17 bits per heavy atom. The van der Waals surface area contributed by atoms with Crippen LogP contribution in [0.15, 0.2) is 12.4 Å². The molecule has 0 spiro atoms. The van der Waals surface area contributed by atoms with Crippen molar-refractivity contribution in [3.05, 3.63) is 12.4 Å². The maximum absolute atomic E-state index is 10.9. The van der Waals surface area contributed by atoms with Gasteiger partial charge < -0.3 is 4.74 Å². The number of nitrogens with zero attached hydrogens (tertiary/aromatic N) is 4. The van der Waals surface area contributed by atoms with Crippen molar-refractivity contribution in [1.29, 1.82) is 0 Å². The maximum Gasteiger partial charge on any atom is 0.411 e. The minimum Gasteiger partial charge on any atom is -0.447 e. The Hall–Kier alpha value is -1.59. The van der Waals surface area contributed by atoms with Crippen LogP contribution in [0.5, 0.6) is 0 Å². The third kappa shape index (κ3) is 1.23. The number of ether oxygens (including phenoxy) is 1. The Morgan fingerprint density at radius 2 is 2.58 bits per heavy atom. The summed E-state index contributed by atoms with van der Waals surface area (Å²) in [5, 5.41) is 7.35. The fourth-order valence-corrected chi connectivity index (χ4v) is 1.04. The number of aromatic nitrogens is 3. The van der Waals surface area contributed by atoms with Gasteiger partial charge in [-0.25, -0.2) is 9.48 Å². The summed E-state index contributed by atoms with van der Waals surface area (Å²) in [6.07, 6.45) is 2.98. The number of carbonyl (C=O) groups is 1. The first kappa shape index (κ1) is 7.08. The van der Waals surface area contributed by atoms with Gasteiger partial charge in [-0.3, -0.25) is 4.90 Å². The minimum absolute atomic E-state index is 0.287. The monoisotopic (exact) mass is 168 g/mol. The lowest BCUT2D eigenvalue weighted by Crippen LogP contribution is -2.27. The highest BCUT2D eigenvalue weighted by Crippen LogP contribution is 2.03. The zero-order valence-corrected chi connectivity index (χ0v) is 6.38. The van der Waals surface area contributed by atoms with Crippen LogP contribution in [0.1, 0.15) is 0 Å². The first-order valence-corrected chi connectivity index (χ1v) is 3.62. The molecule has 1 aliphatic rings. The van der Waals surface area contributed by atoms with Crippen LogP contribution in [0.2, 0.25) is 0 Å². The lowest BCUT2D eigenvalue weighted by molar-refractivity contribution is 0.149. The smallest absolute Gasteiger partial charge is 0.411 e. The SMILES string of the molecule is O=C1OCCN1Cn1ccnn1. The van der Waals surface area contributed by atoms with Crippen molar-refractivity contribution >= 4 is 6.09 Å². The van der Waals surface area contributed by atoms with Gasteiger partial charge in [-0.15, -0.1) is 5.10 Å². The van der Waals surface area contributed by atoms with Crippen LogP contribution in [0, 0.1) is 0 Å². The Labute approximate surface area is 68.7 Å². The molecule has 6 nitrogen and oxygen atoms in total. The summed E-state index contributed by atoms with van der Waals surface area (Å²) >= 11 is 0. The average molecular weight is 168 g/mol. The molecule has 1 aromatic heterocycles. The summed E-state index contributed by atoms with van der Waals surface area (Å²) < 4.78 is 6.32. The van der Waals surface area contributed by atoms with E-state index >= 15 is 0 Å². The summed E-state index contributed by atoms with van der Waals surface area (Å²) in [6.45, 7) is 1.51. The summed E-state index contributed by atoms with van der Waals surface area (Å²) in [6, 6.07) is 0. The van der Waals surface area contributed by atoms with Crippen LogP contribution in [-0.2, 0) is 11.4 Å². The van der Waals surface area contributed by atoms with Gasteiger partial charge in [-0.05, 0) is 0 Å². The number of carbonyl (C=O) groups excluding carboxylic acids is 1. The normalized spacial score (nSPS) is 16.7. The van der Waals surface area contributed by atoms with Crippen molar-refractivity contribution in [3.63, 3.8) is 0 Å². The van der Waals surface area contributed by atoms with E-state index in [0.29, 0.717) is 19.8 Å². The van der Waals surface area contributed by atoms with E-state index in [1.54, 1.807) is 22.0 Å². The van der Waals surface area contributed by atoms with Gasteiger partial charge in [0.2, 0.25) is 0 Å². The fourth-order valence-electron chi connectivity index (χ4n) is 1.04. The van der Waals surface area contributed by atoms with Crippen molar-refractivity contribution in [2.75, 3.05) is 13.2 Å². The summed E-state index contributed by atoms with van der Waals surface area (Å²) in [5.41, 5.74) is 0. The zero-order chi connectivity index (χ0) is 8.39. The molecule has 2 heterocycles. The molecule has 0 atom stereocenters. The molecule has 1 fully saturated rings. The van der Waals surface area contributed by atoms with Crippen LogP contribution < -0.4 is 0 Å². The predicted molar refractivity (Wildman–Crippen MR) is 38.1 cm³/mol. The molecule has 12 heavy (non-hydrogen) atoms. The molecule has 1 aliphatic heterocycles. The first-order chi connectivity index (χ1) is 5.86. The van der Waals surface area contributed by atoms with Crippen molar-refractivity contribution in [3.8, 4) is 0 Å². The Morgan fingerprint density at radius 1 is 1.67 bits per heavy atom. The molecule has 0 N–H and O–H groups in total. The van der Waals surface area contributed by atoms with Crippen LogP contribution >= 0.6 is 0 Å². The van der Waals surface area contributed by atoms with Gasteiger partial charge in [-0.1, -0.05) is 5.21 Å². The Kier molecular flexibility index (Phi) is 1.65. The van der Waals surface area contributed by atoms with Crippen LogP contribution in [-0.4, -0.2) is 39.1 Å². The van der Waals surface area contributed by atoms with Crippen LogP contribution in [0.25, 0.3) is 0 Å². The van der Waals surface area contributed by atoms with Crippen molar-refractivity contribution < 1.29 is 9.53 Å². The molecule has 0 aromatic carbocycles. The summed E-state index contributed by atoms with van der Waals surface area (Å²) in [7, 11) is 0. The van der Waals surface area contributed by atoms with Gasteiger partial charge in [0.25, 0.3) is 0 Å². The molecule has 1 amide bonds. The van der Waals surface area contributed by atoms with Gasteiger partial charge in [0, 0.05) is 6.20 Å². The second-order valence-electron chi connectivity index (χ2n) is 2.46. The average Bonchev–Trinajstić information content (AvgIpc) is 2.65. The van der Waals surface area contributed by atoms with E-state index in [1.165, 1.54) is 0 Å². The van der Waals surface area contributed by atoms with Crippen molar-refractivity contribution in [1.82, 2.24) is 19.9 Å². The number of amides is 1. The quantitative estimate of drug-likeness (QED) is 0.607. The van der Waals surface area contributed by atoms with Crippen molar-refractivity contribution in [2.45, 2.75) is 6.67 Å². The molecule has 1 aromatic rings. The van der Waals surface area contributed by atoms with E-state index in [0.717, 1.165) is 0 Å². The van der Waals surface area contributed by atoms with Crippen molar-refractivity contribution in [2.24, 2.45) is 0 Å². The third-order valence-corrected chi connectivity index (χ3v) is 1.63. The third-order valence-electron chi connectivity index (χ3n) is 1.63. The van der Waals surface area contributed by atoms with Gasteiger partial charge in [-0.2, -0.15) is 0 Å². The second-order valence-corrected chi connectivity index (χ2v) is 2.46. The Balaban J connectivity index is 1.99. The summed E-state index contributed by atoms with van der Waals surface area (Å²) in [5.74, 6) is 0. The van der Waals surface area contributed by atoms with Gasteiger partial charge in [0.1, 0.15) is 13.3 Å². The molecule has 1 saturated heterocycles. The molecule has 2 rings (SSSR count). The van der Waals surface area contributed by atoms with E-state index in [9.17, 15) is 4.79 Å². The predicted octanol–water partition coefficient (Wildman–Crippen LogP) is -0.312. The molecule has 0 aliphatic carbocycles. The van der Waals surface area contributed by atoms with E-state index < -0.39 is 0 Å². The van der Waals surface area contributed by atoms with E-state index in [-0.39, 0.29) is 6.09 Å². The van der Waals surface area contributed by atoms with Crippen LogP contribution in [0.4, 0.5) is 4.79 Å². The topological polar surface area (TPSA) is 60.2 Å². The largest absolute Gasteiger partial charge is 0.447 e. The fraction of sp³-hybridized carbons (Fsp3) is 0.500. The van der Waals surface area contributed by atoms with E-state index in [4.69, 9.17) is 4.74 Å². The van der Waals surface area contributed by atoms with E-state index in [2.05, 4.69) is 10.3 Å². The minimum atomic E-state index is -0.287. The molecule has 0 unspecified atom stereocenters. The van der Waals surface area contributed by atoms with Gasteiger partial charge >= 0.3 is 6.09 Å². The number of hydrogen-bond donors (Lipinski definition) is 0. The highest BCUT2D eigenvalue weighted by Gasteiger charge is 2.21. The second kappa shape index (κ2) is 2.80. The summed E-state index contributed by atoms with van der Waals surface area (Å²) in [4.78, 5) is 12.5. The van der Waals surface area contributed by atoms with E-state index in [1.807, 2.05) is 0 Å². The lowest BCUT2D eigenvalue weighted by atomic mass is 10.6. The number of rotatable bonds is 2. The first-order valence-electron chi connectivity index (χ1n) is 3.62. The number of cyclic esters (lactones) is 1. The van der Waals surface area contributed by atoms with Gasteiger partial charge in [0.05, 0.1) is 12.7 Å². The molecule has 0 radical (unpaired) electrons. The molecular formula is C6H8N4O2. The zero-order valence-electron chi connectivity index (χ0n) is 6.38. The molecule has 6 heteroatoms. The highest BCUT2D eigenvalue weighted by molar-refractivity contribution is 5.68. The van der Waals surface area contributed by atoms with Gasteiger partial charge in [0.15, 0.2) is 0 Å².